The molecule has 0 aromatic heterocycles. The van der Waals surface area contributed by atoms with Crippen LogP contribution in [0.3, 0.4) is 0 Å². The molecule has 4 aromatic rings. The molecule has 0 saturated heterocycles. The van der Waals surface area contributed by atoms with Crippen LogP contribution in [0.5, 0.6) is 0 Å². The lowest BCUT2D eigenvalue weighted by Crippen LogP contribution is -2.25. The second kappa shape index (κ2) is 25.8. The SMILES string of the molecule is O=C(NCCCCCCCCc1ccccc1)c1cc(I)c(COCc2c(I)cc(C(=O)NCCCCCCCCc3ccccc3)cc2I)c(I)c1. The van der Waals surface area contributed by atoms with Crippen molar-refractivity contribution < 1.29 is 14.3 Å². The Hall–Kier alpha value is -1.30. The Morgan fingerprint density at radius 2 is 0.774 bits per heavy atom. The second-order valence-corrected chi connectivity index (χ2v) is 18.2. The first-order valence-electron chi connectivity index (χ1n) is 19.0. The maximum Gasteiger partial charge on any atom is 0.251 e. The number of hydrogen-bond acceptors (Lipinski definition) is 3. The van der Waals surface area contributed by atoms with Crippen molar-refractivity contribution in [3.8, 4) is 0 Å². The molecule has 284 valence electrons. The van der Waals surface area contributed by atoms with E-state index in [1.165, 1.54) is 62.5 Å². The first-order chi connectivity index (χ1) is 25.8. The van der Waals surface area contributed by atoms with Crippen LogP contribution in [0.4, 0.5) is 0 Å². The minimum Gasteiger partial charge on any atom is -0.372 e. The standard InChI is InChI=1S/C44H52I4N2O3/c45-39-27-35(43(51)49-25-17-7-3-1-5-11-19-33-21-13-9-14-22-33)28-40(46)37(39)31-53-32-38-41(47)29-36(30-42(38)48)44(52)50-26-18-8-4-2-6-12-20-34-23-15-10-16-24-34/h9-10,13-16,21-24,27-30H,1-8,11-12,17-20,25-26,31-32H2,(H,49,51)(H,50,52). The van der Waals surface area contributed by atoms with Gasteiger partial charge in [-0.3, -0.25) is 9.59 Å². The molecule has 4 rings (SSSR count). The van der Waals surface area contributed by atoms with Crippen LogP contribution in [0.2, 0.25) is 0 Å². The number of ether oxygens (including phenoxy) is 1. The third-order valence-electron chi connectivity index (χ3n) is 9.34. The molecule has 5 nitrogen and oxygen atoms in total. The molecule has 0 atom stereocenters. The summed E-state index contributed by atoms with van der Waals surface area (Å²) in [5.74, 6) is -0.0379. The number of halogens is 4. The quantitative estimate of drug-likeness (QED) is 0.0543. The van der Waals surface area contributed by atoms with Crippen LogP contribution >= 0.6 is 90.4 Å². The minimum absolute atomic E-state index is 0.0189. The zero-order valence-corrected chi connectivity index (χ0v) is 39.2. The molecule has 0 saturated carbocycles. The van der Waals surface area contributed by atoms with Gasteiger partial charge in [-0.25, -0.2) is 0 Å². The van der Waals surface area contributed by atoms with E-state index in [4.69, 9.17) is 4.74 Å². The first-order valence-corrected chi connectivity index (χ1v) is 23.3. The average molecular weight is 1160 g/mol. The van der Waals surface area contributed by atoms with Gasteiger partial charge in [0.15, 0.2) is 0 Å². The number of nitrogens with one attached hydrogen (secondary N) is 2. The molecule has 2 amide bonds. The zero-order chi connectivity index (χ0) is 37.7. The van der Waals surface area contributed by atoms with Crippen LogP contribution < -0.4 is 10.6 Å². The molecule has 4 aromatic carbocycles. The summed E-state index contributed by atoms with van der Waals surface area (Å²) in [6, 6.07) is 29.2. The molecule has 0 spiro atoms. The van der Waals surface area contributed by atoms with Crippen LogP contribution in [-0.2, 0) is 30.8 Å². The molecule has 0 heterocycles. The van der Waals surface area contributed by atoms with Crippen molar-refractivity contribution in [1.82, 2.24) is 10.6 Å². The van der Waals surface area contributed by atoms with Gasteiger partial charge in [0.05, 0.1) is 13.2 Å². The van der Waals surface area contributed by atoms with Crippen LogP contribution in [-0.4, -0.2) is 24.9 Å². The summed E-state index contributed by atoms with van der Waals surface area (Å²) < 4.78 is 10.3. The number of hydrogen-bond donors (Lipinski definition) is 2. The Labute approximate surface area is 371 Å². The van der Waals surface area contributed by atoms with Gasteiger partial charge < -0.3 is 15.4 Å². The molecular formula is C44H52I4N2O3. The Kier molecular flexibility index (Phi) is 21.6. The Morgan fingerprint density at radius 3 is 1.13 bits per heavy atom. The highest BCUT2D eigenvalue weighted by Crippen LogP contribution is 2.26. The highest BCUT2D eigenvalue weighted by molar-refractivity contribution is 14.1. The normalized spacial score (nSPS) is 11.1. The fraction of sp³-hybridized carbons (Fsp3) is 0.409. The van der Waals surface area contributed by atoms with Crippen LogP contribution in [0.1, 0.15) is 120 Å². The molecule has 0 unspecified atom stereocenters. The van der Waals surface area contributed by atoms with E-state index in [1.54, 1.807) is 0 Å². The van der Waals surface area contributed by atoms with Crippen LogP contribution in [0.15, 0.2) is 84.9 Å². The maximum absolute atomic E-state index is 12.9. The van der Waals surface area contributed by atoms with E-state index in [2.05, 4.69) is 162 Å². The Balaban J connectivity index is 1.09. The van der Waals surface area contributed by atoms with Gasteiger partial charge >= 0.3 is 0 Å². The number of carbonyl (C=O) groups excluding carboxylic acids is 2. The molecule has 0 radical (unpaired) electrons. The number of rotatable bonds is 24. The van der Waals surface area contributed by atoms with Gasteiger partial charge in [-0.1, -0.05) is 112 Å². The lowest BCUT2D eigenvalue weighted by Gasteiger charge is -2.14. The Morgan fingerprint density at radius 1 is 0.453 bits per heavy atom. The van der Waals surface area contributed by atoms with E-state index in [0.29, 0.717) is 37.4 Å². The molecule has 53 heavy (non-hydrogen) atoms. The highest BCUT2D eigenvalue weighted by Gasteiger charge is 2.15. The van der Waals surface area contributed by atoms with E-state index < -0.39 is 0 Å². The summed E-state index contributed by atoms with van der Waals surface area (Å²) in [5, 5.41) is 6.22. The largest absolute Gasteiger partial charge is 0.372 e. The maximum atomic E-state index is 12.9. The van der Waals surface area contributed by atoms with Gasteiger partial charge in [0.25, 0.3) is 11.8 Å². The molecule has 0 aliphatic rings. The molecule has 0 bridgehead atoms. The fourth-order valence-corrected chi connectivity index (χ4v) is 10.4. The lowest BCUT2D eigenvalue weighted by atomic mass is 10.0. The summed E-state index contributed by atoms with van der Waals surface area (Å²) in [5.41, 5.74) is 6.40. The summed E-state index contributed by atoms with van der Waals surface area (Å²) in [4.78, 5) is 25.8. The van der Waals surface area contributed by atoms with Crippen molar-refractivity contribution in [3.05, 3.63) is 133 Å². The van der Waals surface area contributed by atoms with E-state index >= 15 is 0 Å². The number of benzene rings is 4. The molecular weight excluding hydrogens is 1110 g/mol. The first kappa shape index (κ1) is 44.4. The molecule has 0 fully saturated rings. The summed E-state index contributed by atoms with van der Waals surface area (Å²) in [6.07, 6.45) is 16.5. The number of amides is 2. The summed E-state index contributed by atoms with van der Waals surface area (Å²) >= 11 is 9.23. The van der Waals surface area contributed by atoms with Crippen molar-refractivity contribution in [2.45, 2.75) is 103 Å². The predicted molar refractivity (Wildman–Crippen MR) is 253 cm³/mol. The molecule has 0 aliphatic carbocycles. The van der Waals surface area contributed by atoms with E-state index in [0.717, 1.165) is 63.9 Å². The number of carbonyl (C=O) groups is 2. The summed E-state index contributed by atoms with van der Waals surface area (Å²) in [7, 11) is 0. The van der Waals surface area contributed by atoms with E-state index in [-0.39, 0.29) is 11.8 Å². The Bertz CT molecular complexity index is 1530. The van der Waals surface area contributed by atoms with Gasteiger partial charge in [-0.2, -0.15) is 0 Å². The van der Waals surface area contributed by atoms with E-state index in [1.807, 2.05) is 24.3 Å². The van der Waals surface area contributed by atoms with Crippen molar-refractivity contribution in [2.75, 3.05) is 13.1 Å². The van der Waals surface area contributed by atoms with Gasteiger partial charge in [0.1, 0.15) is 0 Å². The third kappa shape index (κ3) is 16.8. The second-order valence-electron chi connectivity index (χ2n) is 13.6. The van der Waals surface area contributed by atoms with Gasteiger partial charge in [-0.05, 0) is 164 Å². The number of aryl methyl sites for hydroxylation is 2. The van der Waals surface area contributed by atoms with Crippen molar-refractivity contribution in [2.24, 2.45) is 0 Å². The van der Waals surface area contributed by atoms with Gasteiger partial charge in [-0.15, -0.1) is 0 Å². The average Bonchev–Trinajstić information content (AvgIpc) is 3.15. The van der Waals surface area contributed by atoms with Crippen molar-refractivity contribution in [1.29, 1.82) is 0 Å². The number of unbranched alkanes of at least 4 members (excludes halogenated alkanes) is 10. The van der Waals surface area contributed by atoms with Gasteiger partial charge in [0, 0.05) is 49.6 Å². The fourth-order valence-electron chi connectivity index (χ4n) is 6.22. The zero-order valence-electron chi connectivity index (χ0n) is 30.5. The topological polar surface area (TPSA) is 67.4 Å². The summed E-state index contributed by atoms with van der Waals surface area (Å²) in [6.45, 7) is 2.31. The monoisotopic (exact) mass is 1160 g/mol. The molecule has 9 heteroatoms. The van der Waals surface area contributed by atoms with Gasteiger partial charge in [0.2, 0.25) is 0 Å². The lowest BCUT2D eigenvalue weighted by molar-refractivity contribution is 0.0944. The van der Waals surface area contributed by atoms with Crippen molar-refractivity contribution >= 4 is 102 Å². The third-order valence-corrected chi connectivity index (χ3v) is 13.2. The van der Waals surface area contributed by atoms with E-state index in [9.17, 15) is 9.59 Å². The molecule has 2 N–H and O–H groups in total. The smallest absolute Gasteiger partial charge is 0.251 e. The predicted octanol–water partition coefficient (Wildman–Crippen LogP) is 12.4. The van der Waals surface area contributed by atoms with Crippen LogP contribution in [0, 0.1) is 14.3 Å². The van der Waals surface area contributed by atoms with Crippen LogP contribution in [0.25, 0.3) is 0 Å². The highest BCUT2D eigenvalue weighted by atomic mass is 127. The van der Waals surface area contributed by atoms with Crippen molar-refractivity contribution in [3.63, 3.8) is 0 Å². The minimum atomic E-state index is -0.0189. The molecule has 0 aliphatic heterocycles.